The lowest BCUT2D eigenvalue weighted by Crippen LogP contribution is -2.51. The fourth-order valence-corrected chi connectivity index (χ4v) is 4.08. The number of morpholine rings is 1. The van der Waals surface area contributed by atoms with E-state index >= 15 is 0 Å². The Morgan fingerprint density at radius 3 is 2.83 bits per heavy atom. The Morgan fingerprint density at radius 1 is 1.30 bits per heavy atom. The van der Waals surface area contributed by atoms with Crippen LogP contribution in [0.2, 0.25) is 5.02 Å². The Hall–Kier alpha value is -2.10. The minimum Gasteiger partial charge on any atom is -0.478 e. The fourth-order valence-electron chi connectivity index (χ4n) is 3.94. The lowest BCUT2D eigenvalue weighted by molar-refractivity contribution is -0.00592. The normalized spacial score (nSPS) is 28.5. The van der Waals surface area contributed by atoms with E-state index in [0.717, 1.165) is 51.3 Å². The molecule has 3 aliphatic rings. The van der Waals surface area contributed by atoms with Gasteiger partial charge >= 0.3 is 0 Å². The number of allylic oxidation sites excluding steroid dienone is 1. The third-order valence-corrected chi connectivity index (χ3v) is 6.08. The molecule has 0 spiro atoms. The third-order valence-electron chi connectivity index (χ3n) is 5.81. The molecular weight excluding hydrogens is 406 g/mol. The molecule has 4 rings (SSSR count). The summed E-state index contributed by atoms with van der Waals surface area (Å²) in [5.41, 5.74) is 7.66. The Kier molecular flexibility index (Phi) is 6.60. The average molecular weight is 436 g/mol. The van der Waals surface area contributed by atoms with E-state index in [1.54, 1.807) is 6.20 Å². The second-order valence-corrected chi connectivity index (χ2v) is 8.49. The molecule has 1 aromatic heterocycles. The van der Waals surface area contributed by atoms with E-state index in [1.807, 2.05) is 13.8 Å². The molecule has 0 unspecified atom stereocenters. The molecule has 164 valence electrons. The number of halogens is 1. The summed E-state index contributed by atoms with van der Waals surface area (Å²) < 4.78 is 11.2. The van der Waals surface area contributed by atoms with Crippen molar-refractivity contribution < 1.29 is 9.47 Å². The highest BCUT2D eigenvalue weighted by molar-refractivity contribution is 6.32. The number of nitrogens with one attached hydrogen (secondary N) is 2. The van der Waals surface area contributed by atoms with Crippen molar-refractivity contribution in [3.8, 4) is 0 Å². The van der Waals surface area contributed by atoms with Crippen LogP contribution >= 0.6 is 11.6 Å². The van der Waals surface area contributed by atoms with Gasteiger partial charge in [0.05, 0.1) is 37.8 Å². The molecule has 10 heteroatoms. The number of nitrogens with two attached hydrogens (primary N) is 1. The summed E-state index contributed by atoms with van der Waals surface area (Å²) in [5, 5.41) is 6.95. The zero-order valence-electron chi connectivity index (χ0n) is 17.5. The predicted molar refractivity (Wildman–Crippen MR) is 118 cm³/mol. The summed E-state index contributed by atoms with van der Waals surface area (Å²) in [6.45, 7) is 8.13. The summed E-state index contributed by atoms with van der Waals surface area (Å²) in [4.78, 5) is 16.2. The van der Waals surface area contributed by atoms with Gasteiger partial charge in [-0.15, -0.1) is 0 Å². The van der Waals surface area contributed by atoms with E-state index in [1.165, 1.54) is 0 Å². The van der Waals surface area contributed by atoms with Crippen LogP contribution in [0.1, 0.15) is 33.1 Å². The number of ether oxygens (including phenoxy) is 2. The highest BCUT2D eigenvalue weighted by atomic mass is 35.5. The molecule has 1 aromatic rings. The van der Waals surface area contributed by atoms with E-state index in [4.69, 9.17) is 31.8 Å². The van der Waals surface area contributed by atoms with Crippen LogP contribution < -0.4 is 16.4 Å². The van der Waals surface area contributed by atoms with E-state index in [9.17, 15) is 0 Å². The van der Waals surface area contributed by atoms with E-state index in [2.05, 4.69) is 25.5 Å². The SMILES string of the molecule is CC(=NC1CC(N2CCOCC2)C1)C1=C(N)OCC[C@@H](C)Nc2nc(ncc2Cl)N1. The van der Waals surface area contributed by atoms with Crippen LogP contribution in [0.3, 0.4) is 0 Å². The average Bonchev–Trinajstić information content (AvgIpc) is 2.72. The van der Waals surface area contributed by atoms with Gasteiger partial charge in [0.15, 0.2) is 5.82 Å². The summed E-state index contributed by atoms with van der Waals surface area (Å²) in [7, 11) is 0. The van der Waals surface area contributed by atoms with E-state index < -0.39 is 0 Å². The molecule has 2 bridgehead atoms. The highest BCUT2D eigenvalue weighted by Gasteiger charge is 2.34. The molecule has 0 amide bonds. The maximum Gasteiger partial charge on any atom is 0.229 e. The zero-order chi connectivity index (χ0) is 21.1. The molecule has 3 heterocycles. The van der Waals surface area contributed by atoms with Gasteiger partial charge in [-0.3, -0.25) is 9.89 Å². The van der Waals surface area contributed by atoms with Gasteiger partial charge in [-0.25, -0.2) is 4.98 Å². The first-order chi connectivity index (χ1) is 14.5. The molecule has 30 heavy (non-hydrogen) atoms. The third kappa shape index (κ3) is 4.96. The van der Waals surface area contributed by atoms with Crippen molar-refractivity contribution in [1.29, 1.82) is 0 Å². The Labute approximate surface area is 182 Å². The zero-order valence-corrected chi connectivity index (χ0v) is 18.3. The van der Waals surface area contributed by atoms with E-state index in [-0.39, 0.29) is 12.1 Å². The minimum absolute atomic E-state index is 0.126. The number of anilines is 2. The van der Waals surface area contributed by atoms with Crippen LogP contribution in [0, 0.1) is 0 Å². The smallest absolute Gasteiger partial charge is 0.229 e. The van der Waals surface area contributed by atoms with Crippen LogP contribution in [-0.4, -0.2) is 71.6 Å². The molecule has 2 aliphatic heterocycles. The molecular formula is C20H30ClN7O2. The second kappa shape index (κ2) is 9.36. The van der Waals surface area contributed by atoms with Crippen molar-refractivity contribution in [2.45, 2.75) is 51.2 Å². The second-order valence-electron chi connectivity index (χ2n) is 8.08. The molecule has 0 aromatic carbocycles. The summed E-state index contributed by atoms with van der Waals surface area (Å²) in [6, 6.07) is 0.997. The number of aromatic nitrogens is 2. The number of fused-ring (bicyclic) bond motifs is 2. The number of rotatable bonds is 3. The lowest BCUT2D eigenvalue weighted by atomic mass is 9.85. The molecule has 0 radical (unpaired) electrons. The number of hydrogen-bond acceptors (Lipinski definition) is 9. The number of nitrogens with zero attached hydrogens (tertiary/aromatic N) is 4. The minimum atomic E-state index is 0.126. The predicted octanol–water partition coefficient (Wildman–Crippen LogP) is 2.21. The number of hydrogen-bond donors (Lipinski definition) is 3. The maximum absolute atomic E-state index is 6.27. The highest BCUT2D eigenvalue weighted by Crippen LogP contribution is 2.30. The molecule has 2 fully saturated rings. The molecule has 1 aliphatic carbocycles. The first kappa shape index (κ1) is 21.1. The van der Waals surface area contributed by atoms with Crippen molar-refractivity contribution in [3.63, 3.8) is 0 Å². The van der Waals surface area contributed by atoms with E-state index in [0.29, 0.717) is 41.0 Å². The van der Waals surface area contributed by atoms with Crippen LogP contribution in [0.25, 0.3) is 0 Å². The van der Waals surface area contributed by atoms with Crippen molar-refractivity contribution in [3.05, 3.63) is 22.8 Å². The van der Waals surface area contributed by atoms with Gasteiger partial charge in [0.25, 0.3) is 0 Å². The Balaban J connectivity index is 1.49. The van der Waals surface area contributed by atoms with Crippen molar-refractivity contribution in [1.82, 2.24) is 14.9 Å². The molecule has 1 saturated heterocycles. The molecule has 4 N–H and O–H groups in total. The van der Waals surface area contributed by atoms with Crippen LogP contribution in [0.5, 0.6) is 0 Å². The van der Waals surface area contributed by atoms with Gasteiger partial charge in [0.1, 0.15) is 10.7 Å². The fraction of sp³-hybridized carbons (Fsp3) is 0.650. The van der Waals surface area contributed by atoms with Crippen molar-refractivity contribution >= 4 is 29.1 Å². The van der Waals surface area contributed by atoms with Crippen molar-refractivity contribution in [2.75, 3.05) is 43.5 Å². The largest absolute Gasteiger partial charge is 0.478 e. The van der Waals surface area contributed by atoms with Gasteiger partial charge in [0, 0.05) is 31.6 Å². The standard InChI is InChI=1S/C20H30ClN7O2/c1-12-3-6-30-18(22)17(26-20-23-11-16(21)19(24-12)27-20)13(2)25-14-9-15(10-14)28-4-7-29-8-5-28/h11-12,14-15H,3-10,22H2,1-2H3,(H2,23,24,26,27)/t12-,14?,15?/m1/s1. The topological polar surface area (TPSA) is 110 Å². The Bertz CT molecular complexity index is 819. The van der Waals surface area contributed by atoms with Gasteiger partial charge in [0.2, 0.25) is 11.8 Å². The van der Waals surface area contributed by atoms with Crippen LogP contribution in [-0.2, 0) is 9.47 Å². The molecule has 1 saturated carbocycles. The Morgan fingerprint density at radius 2 is 2.07 bits per heavy atom. The summed E-state index contributed by atoms with van der Waals surface area (Å²) >= 11 is 6.24. The van der Waals surface area contributed by atoms with Crippen LogP contribution in [0.15, 0.2) is 22.8 Å². The van der Waals surface area contributed by atoms with Crippen LogP contribution in [0.4, 0.5) is 11.8 Å². The lowest BCUT2D eigenvalue weighted by Gasteiger charge is -2.43. The van der Waals surface area contributed by atoms with Gasteiger partial charge < -0.3 is 25.8 Å². The molecule has 9 nitrogen and oxygen atoms in total. The quantitative estimate of drug-likeness (QED) is 0.620. The van der Waals surface area contributed by atoms with Gasteiger partial charge in [-0.05, 0) is 26.7 Å². The summed E-state index contributed by atoms with van der Waals surface area (Å²) in [6.07, 6.45) is 4.43. The first-order valence-electron chi connectivity index (χ1n) is 10.5. The first-order valence-corrected chi connectivity index (χ1v) is 10.9. The number of aliphatic imine (C=N–C) groups is 1. The molecule has 1 atom stereocenters. The maximum atomic E-state index is 6.27. The monoisotopic (exact) mass is 435 g/mol. The summed E-state index contributed by atoms with van der Waals surface area (Å²) in [5.74, 6) is 1.28. The van der Waals surface area contributed by atoms with Gasteiger partial charge in [-0.1, -0.05) is 11.6 Å². The van der Waals surface area contributed by atoms with Crippen molar-refractivity contribution in [2.24, 2.45) is 10.7 Å². The van der Waals surface area contributed by atoms with Gasteiger partial charge in [-0.2, -0.15) is 4.98 Å².